The zero-order chi connectivity index (χ0) is 26.0. The molecule has 0 radical (unpaired) electrons. The molecule has 0 spiro atoms. The van der Waals surface area contributed by atoms with Crippen molar-refractivity contribution in [1.29, 1.82) is 0 Å². The molecule has 2 amide bonds. The minimum absolute atomic E-state index is 0.0302. The SMILES string of the molecule is O=C(CNC(=O)c1cccc(C(F)(F)F)c1)N[C@@]1(C2CCC(O)(c3ccccc3F)CC2)CCNC1. The van der Waals surface area contributed by atoms with Crippen molar-refractivity contribution >= 4 is 11.8 Å². The van der Waals surface area contributed by atoms with Gasteiger partial charge in [-0.05, 0) is 68.8 Å². The van der Waals surface area contributed by atoms with Crippen LogP contribution < -0.4 is 16.0 Å². The Labute approximate surface area is 206 Å². The number of rotatable bonds is 6. The van der Waals surface area contributed by atoms with E-state index in [1.807, 2.05) is 0 Å². The lowest BCUT2D eigenvalue weighted by molar-refractivity contribution is -0.137. The Hall–Kier alpha value is -2.98. The van der Waals surface area contributed by atoms with Crippen molar-refractivity contribution in [3.8, 4) is 0 Å². The molecule has 1 atom stereocenters. The number of benzene rings is 2. The second-order valence-corrected chi connectivity index (χ2v) is 9.68. The number of hydrogen-bond donors (Lipinski definition) is 4. The zero-order valence-electron chi connectivity index (χ0n) is 19.6. The van der Waals surface area contributed by atoms with Crippen molar-refractivity contribution < 1.29 is 32.3 Å². The van der Waals surface area contributed by atoms with Crippen molar-refractivity contribution in [3.63, 3.8) is 0 Å². The number of aliphatic hydroxyl groups is 1. The van der Waals surface area contributed by atoms with E-state index in [1.54, 1.807) is 18.2 Å². The molecule has 36 heavy (non-hydrogen) atoms. The largest absolute Gasteiger partial charge is 0.416 e. The fourth-order valence-electron chi connectivity index (χ4n) is 5.45. The topological polar surface area (TPSA) is 90.5 Å². The number of hydrogen-bond acceptors (Lipinski definition) is 4. The third-order valence-electron chi connectivity index (χ3n) is 7.41. The number of halogens is 4. The average molecular weight is 508 g/mol. The Morgan fingerprint density at radius 2 is 1.78 bits per heavy atom. The molecular formula is C26H29F4N3O3. The normalized spacial score (nSPS) is 26.4. The predicted molar refractivity (Wildman–Crippen MR) is 124 cm³/mol. The maximum atomic E-state index is 14.3. The molecule has 1 aliphatic carbocycles. The predicted octanol–water partition coefficient (Wildman–Crippen LogP) is 3.50. The smallest absolute Gasteiger partial charge is 0.385 e. The van der Waals surface area contributed by atoms with Crippen LogP contribution in [0.1, 0.15) is 53.6 Å². The van der Waals surface area contributed by atoms with Crippen LogP contribution in [-0.2, 0) is 16.6 Å². The second-order valence-electron chi connectivity index (χ2n) is 9.68. The summed E-state index contributed by atoms with van der Waals surface area (Å²) >= 11 is 0. The van der Waals surface area contributed by atoms with Crippen molar-refractivity contribution in [2.45, 2.75) is 49.4 Å². The molecule has 2 fully saturated rings. The summed E-state index contributed by atoms with van der Waals surface area (Å²) in [5.74, 6) is -1.64. The monoisotopic (exact) mass is 507 g/mol. The molecule has 1 saturated carbocycles. The summed E-state index contributed by atoms with van der Waals surface area (Å²) in [6.45, 7) is 0.816. The molecule has 4 N–H and O–H groups in total. The first-order valence-corrected chi connectivity index (χ1v) is 12.0. The Balaban J connectivity index is 1.37. The lowest BCUT2D eigenvalue weighted by Gasteiger charge is -2.44. The fourth-order valence-corrected chi connectivity index (χ4v) is 5.45. The lowest BCUT2D eigenvalue weighted by Crippen LogP contribution is -2.58. The molecule has 10 heteroatoms. The Kier molecular flexibility index (Phi) is 7.38. The minimum atomic E-state index is -4.58. The summed E-state index contributed by atoms with van der Waals surface area (Å²) in [6.07, 6.45) is -2.07. The molecule has 0 aromatic heterocycles. The maximum Gasteiger partial charge on any atom is 0.416 e. The van der Waals surface area contributed by atoms with E-state index in [9.17, 15) is 32.3 Å². The Bertz CT molecular complexity index is 1110. The zero-order valence-corrected chi connectivity index (χ0v) is 19.6. The van der Waals surface area contributed by atoms with E-state index in [0.29, 0.717) is 45.2 Å². The van der Waals surface area contributed by atoms with Crippen LogP contribution in [0.2, 0.25) is 0 Å². The van der Waals surface area contributed by atoms with E-state index in [0.717, 1.165) is 18.2 Å². The van der Waals surface area contributed by atoms with Crippen molar-refractivity contribution in [2.75, 3.05) is 19.6 Å². The highest BCUT2D eigenvalue weighted by Gasteiger charge is 2.47. The average Bonchev–Trinajstić information content (AvgIpc) is 3.32. The first kappa shape index (κ1) is 26.1. The highest BCUT2D eigenvalue weighted by Crippen LogP contribution is 2.45. The summed E-state index contributed by atoms with van der Waals surface area (Å²) in [7, 11) is 0. The van der Waals surface area contributed by atoms with Crippen LogP contribution in [-0.4, -0.2) is 42.1 Å². The summed E-state index contributed by atoms with van der Waals surface area (Å²) < 4.78 is 53.1. The van der Waals surface area contributed by atoms with Gasteiger partial charge in [-0.1, -0.05) is 24.3 Å². The van der Waals surface area contributed by atoms with Gasteiger partial charge in [-0.3, -0.25) is 9.59 Å². The van der Waals surface area contributed by atoms with Gasteiger partial charge in [0.25, 0.3) is 5.91 Å². The van der Waals surface area contributed by atoms with E-state index in [4.69, 9.17) is 0 Å². The molecule has 6 nitrogen and oxygen atoms in total. The Morgan fingerprint density at radius 3 is 2.42 bits per heavy atom. The molecule has 2 aromatic rings. The van der Waals surface area contributed by atoms with Crippen LogP contribution in [0, 0.1) is 11.7 Å². The molecule has 1 heterocycles. The van der Waals surface area contributed by atoms with Crippen LogP contribution in [0.15, 0.2) is 48.5 Å². The maximum absolute atomic E-state index is 14.3. The van der Waals surface area contributed by atoms with Gasteiger partial charge >= 0.3 is 6.18 Å². The van der Waals surface area contributed by atoms with E-state index >= 15 is 0 Å². The number of carbonyl (C=O) groups excluding carboxylic acids is 2. The van der Waals surface area contributed by atoms with Gasteiger partial charge in [0.05, 0.1) is 23.2 Å². The molecule has 0 bridgehead atoms. The van der Waals surface area contributed by atoms with Crippen LogP contribution in [0.5, 0.6) is 0 Å². The third kappa shape index (κ3) is 5.54. The first-order valence-electron chi connectivity index (χ1n) is 12.0. The highest BCUT2D eigenvalue weighted by atomic mass is 19.4. The molecule has 1 aliphatic heterocycles. The minimum Gasteiger partial charge on any atom is -0.385 e. The molecule has 2 aliphatic rings. The number of carbonyl (C=O) groups is 2. The summed E-state index contributed by atoms with van der Waals surface area (Å²) in [5.41, 5.74) is -2.70. The van der Waals surface area contributed by atoms with Gasteiger partial charge in [-0.25, -0.2) is 4.39 Å². The van der Waals surface area contributed by atoms with Crippen LogP contribution in [0.3, 0.4) is 0 Å². The molecule has 4 rings (SSSR count). The molecule has 194 valence electrons. The van der Waals surface area contributed by atoms with Gasteiger partial charge in [0, 0.05) is 17.7 Å². The van der Waals surface area contributed by atoms with Crippen molar-refractivity contribution in [3.05, 3.63) is 71.0 Å². The van der Waals surface area contributed by atoms with Crippen LogP contribution >= 0.6 is 0 Å². The van der Waals surface area contributed by atoms with E-state index in [2.05, 4.69) is 16.0 Å². The number of alkyl halides is 3. The fraction of sp³-hybridized carbons (Fsp3) is 0.462. The molecule has 2 aromatic carbocycles. The third-order valence-corrected chi connectivity index (χ3v) is 7.41. The van der Waals surface area contributed by atoms with Gasteiger partial charge < -0.3 is 21.1 Å². The number of amides is 2. The van der Waals surface area contributed by atoms with E-state index < -0.39 is 40.5 Å². The standard InChI is InChI=1S/C26H29F4N3O3/c27-21-7-2-1-6-20(21)25(36)10-8-18(9-11-25)24(12-13-31-16-24)33-22(34)15-32-23(35)17-4-3-5-19(14-17)26(28,29)30/h1-7,14,18,31,36H,8-13,15-16H2,(H,32,35)(H,33,34)/t18?,24-,25?/m0/s1. The second kappa shape index (κ2) is 10.2. The highest BCUT2D eigenvalue weighted by molar-refractivity contribution is 5.96. The van der Waals surface area contributed by atoms with Gasteiger partial charge in [-0.2, -0.15) is 13.2 Å². The van der Waals surface area contributed by atoms with Crippen LogP contribution in [0.4, 0.5) is 17.6 Å². The first-order chi connectivity index (χ1) is 17.0. The molecule has 1 saturated heterocycles. The lowest BCUT2D eigenvalue weighted by atomic mass is 9.68. The summed E-state index contributed by atoms with van der Waals surface area (Å²) in [5, 5.41) is 19.8. The van der Waals surface area contributed by atoms with Crippen LogP contribution in [0.25, 0.3) is 0 Å². The van der Waals surface area contributed by atoms with E-state index in [-0.39, 0.29) is 23.6 Å². The molecule has 0 unspecified atom stereocenters. The van der Waals surface area contributed by atoms with Gasteiger partial charge in [0.2, 0.25) is 5.91 Å². The van der Waals surface area contributed by atoms with Crippen molar-refractivity contribution in [2.24, 2.45) is 5.92 Å². The van der Waals surface area contributed by atoms with Gasteiger partial charge in [0.15, 0.2) is 0 Å². The summed E-state index contributed by atoms with van der Waals surface area (Å²) in [4.78, 5) is 25.1. The molecular weight excluding hydrogens is 478 g/mol. The van der Waals surface area contributed by atoms with Crippen molar-refractivity contribution in [1.82, 2.24) is 16.0 Å². The number of nitrogens with one attached hydrogen (secondary N) is 3. The van der Waals surface area contributed by atoms with E-state index in [1.165, 1.54) is 12.1 Å². The van der Waals surface area contributed by atoms with Gasteiger partial charge in [0.1, 0.15) is 5.82 Å². The Morgan fingerprint density at radius 1 is 1.06 bits per heavy atom. The van der Waals surface area contributed by atoms with Gasteiger partial charge in [-0.15, -0.1) is 0 Å². The summed E-state index contributed by atoms with van der Waals surface area (Å²) in [6, 6.07) is 10.2. The quantitative estimate of drug-likeness (QED) is 0.451.